The van der Waals surface area contributed by atoms with Gasteiger partial charge in [0.15, 0.2) is 0 Å². The van der Waals surface area contributed by atoms with E-state index in [1.54, 1.807) is 24.9 Å². The quantitative estimate of drug-likeness (QED) is 0.803. The minimum absolute atomic E-state index is 0.102. The van der Waals surface area contributed by atoms with Crippen LogP contribution in [0.3, 0.4) is 0 Å². The maximum Gasteiger partial charge on any atom is 0.264 e. The van der Waals surface area contributed by atoms with Crippen LogP contribution in [0.1, 0.15) is 0 Å². The molecule has 2 aromatic rings. The first-order chi connectivity index (χ1) is 7.20. The summed E-state index contributed by atoms with van der Waals surface area (Å²) in [5.74, 6) is 0.779. The van der Waals surface area contributed by atoms with E-state index in [1.807, 2.05) is 24.3 Å². The molecule has 0 unspecified atom stereocenters. The molecule has 1 heterocycles. The van der Waals surface area contributed by atoms with Gasteiger partial charge in [0.1, 0.15) is 5.75 Å². The van der Waals surface area contributed by atoms with Crippen LogP contribution in [0.5, 0.6) is 5.75 Å². The molecule has 0 bridgehead atoms. The van der Waals surface area contributed by atoms with Crippen LogP contribution >= 0.6 is 0 Å². The maximum absolute atomic E-state index is 11.1. The average Bonchev–Trinajstić information content (AvgIpc) is 2.58. The van der Waals surface area contributed by atoms with E-state index >= 15 is 0 Å². The summed E-state index contributed by atoms with van der Waals surface area (Å²) >= 11 is 0. The van der Waals surface area contributed by atoms with E-state index < -0.39 is 0 Å². The van der Waals surface area contributed by atoms with Gasteiger partial charge in [-0.25, -0.2) is 0 Å². The summed E-state index contributed by atoms with van der Waals surface area (Å²) in [5, 5.41) is 2.66. The number of aryl methyl sites for hydroxylation is 1. The van der Waals surface area contributed by atoms with Crippen molar-refractivity contribution in [1.82, 2.24) is 9.78 Å². The molecule has 2 rings (SSSR count). The lowest BCUT2D eigenvalue weighted by Gasteiger charge is -2.04. The molecular formula is C11H12N2O2. The minimum atomic E-state index is -0.102. The lowest BCUT2D eigenvalue weighted by Crippen LogP contribution is -2.00. The lowest BCUT2D eigenvalue weighted by atomic mass is 10.1. The fourth-order valence-corrected chi connectivity index (χ4v) is 1.54. The molecule has 0 amide bonds. The number of nitrogens with one attached hydrogen (secondary N) is 1. The molecular weight excluding hydrogens is 192 g/mol. The summed E-state index contributed by atoms with van der Waals surface area (Å²) in [7, 11) is 3.42. The second-order valence-electron chi connectivity index (χ2n) is 3.30. The van der Waals surface area contributed by atoms with Gasteiger partial charge in [-0.2, -0.15) is 0 Å². The number of hydrogen-bond donors (Lipinski definition) is 1. The Kier molecular flexibility index (Phi) is 2.33. The number of ether oxygens (including phenoxy) is 1. The average molecular weight is 204 g/mol. The van der Waals surface area contributed by atoms with E-state index in [2.05, 4.69) is 5.10 Å². The Morgan fingerprint density at radius 3 is 2.73 bits per heavy atom. The van der Waals surface area contributed by atoms with E-state index in [0.29, 0.717) is 0 Å². The van der Waals surface area contributed by atoms with Gasteiger partial charge in [-0.3, -0.25) is 14.6 Å². The number of methoxy groups -OCH3 is 1. The Labute approximate surface area is 87.1 Å². The monoisotopic (exact) mass is 204 g/mol. The molecule has 1 aromatic heterocycles. The Morgan fingerprint density at radius 2 is 2.13 bits per heavy atom. The van der Waals surface area contributed by atoms with Crippen LogP contribution < -0.4 is 10.3 Å². The van der Waals surface area contributed by atoms with Crippen molar-refractivity contribution < 1.29 is 4.74 Å². The molecule has 0 aliphatic carbocycles. The Morgan fingerprint density at radius 1 is 1.33 bits per heavy atom. The van der Waals surface area contributed by atoms with Crippen LogP contribution in [0.2, 0.25) is 0 Å². The third kappa shape index (κ3) is 1.79. The zero-order valence-electron chi connectivity index (χ0n) is 8.65. The van der Waals surface area contributed by atoms with Crippen molar-refractivity contribution in [2.75, 3.05) is 7.11 Å². The summed E-state index contributed by atoms with van der Waals surface area (Å²) in [6, 6.07) is 9.16. The molecule has 0 saturated heterocycles. The summed E-state index contributed by atoms with van der Waals surface area (Å²) in [6.07, 6.45) is 0. The van der Waals surface area contributed by atoms with E-state index in [4.69, 9.17) is 4.74 Å². The second kappa shape index (κ2) is 3.65. The topological polar surface area (TPSA) is 47.0 Å². The van der Waals surface area contributed by atoms with E-state index in [0.717, 1.165) is 17.0 Å². The summed E-state index contributed by atoms with van der Waals surface area (Å²) < 4.78 is 6.82. The standard InChI is InChI=1S/C11H12N2O2/c1-13-10(7-11(14)12-13)8-4-3-5-9(6-8)15-2/h3-7H,1-2H3,(H,12,14). The summed E-state index contributed by atoms with van der Waals surface area (Å²) in [6.45, 7) is 0. The number of aromatic nitrogens is 2. The van der Waals surface area contributed by atoms with Gasteiger partial charge in [0.2, 0.25) is 0 Å². The van der Waals surface area contributed by atoms with Gasteiger partial charge >= 0.3 is 0 Å². The molecule has 0 spiro atoms. The smallest absolute Gasteiger partial charge is 0.264 e. The lowest BCUT2D eigenvalue weighted by molar-refractivity contribution is 0.415. The first-order valence-electron chi connectivity index (χ1n) is 4.61. The molecule has 4 heteroatoms. The predicted octanol–water partition coefficient (Wildman–Crippen LogP) is 1.39. The van der Waals surface area contributed by atoms with Gasteiger partial charge in [0.25, 0.3) is 5.56 Å². The molecule has 0 atom stereocenters. The van der Waals surface area contributed by atoms with E-state index in [1.165, 1.54) is 0 Å². The van der Waals surface area contributed by atoms with E-state index in [-0.39, 0.29) is 5.56 Å². The fraction of sp³-hybridized carbons (Fsp3) is 0.182. The third-order valence-electron chi connectivity index (χ3n) is 2.27. The third-order valence-corrected chi connectivity index (χ3v) is 2.27. The Balaban J connectivity index is 2.53. The Hall–Kier alpha value is -1.97. The normalized spacial score (nSPS) is 10.3. The zero-order chi connectivity index (χ0) is 10.8. The van der Waals surface area contributed by atoms with Crippen molar-refractivity contribution in [3.8, 4) is 17.0 Å². The second-order valence-corrected chi connectivity index (χ2v) is 3.30. The molecule has 0 radical (unpaired) electrons. The molecule has 78 valence electrons. The minimum Gasteiger partial charge on any atom is -0.497 e. The predicted molar refractivity (Wildman–Crippen MR) is 58.0 cm³/mol. The number of hydrogen-bond acceptors (Lipinski definition) is 2. The van der Waals surface area contributed by atoms with Crippen LogP contribution in [-0.2, 0) is 7.05 Å². The summed E-state index contributed by atoms with van der Waals surface area (Å²) in [5.41, 5.74) is 1.70. The highest BCUT2D eigenvalue weighted by Gasteiger charge is 2.04. The van der Waals surface area contributed by atoms with Gasteiger partial charge in [0, 0.05) is 18.7 Å². The largest absolute Gasteiger partial charge is 0.497 e. The number of H-pyrrole nitrogens is 1. The molecule has 0 aliphatic heterocycles. The highest BCUT2D eigenvalue weighted by Crippen LogP contribution is 2.21. The molecule has 1 aromatic carbocycles. The zero-order valence-corrected chi connectivity index (χ0v) is 8.65. The number of aromatic amines is 1. The number of rotatable bonds is 2. The first kappa shape index (κ1) is 9.58. The maximum atomic E-state index is 11.1. The van der Waals surface area contributed by atoms with Gasteiger partial charge in [-0.1, -0.05) is 12.1 Å². The molecule has 0 fully saturated rings. The van der Waals surface area contributed by atoms with Gasteiger partial charge in [-0.15, -0.1) is 0 Å². The molecule has 1 N–H and O–H groups in total. The first-order valence-corrected chi connectivity index (χ1v) is 4.61. The van der Waals surface area contributed by atoms with E-state index in [9.17, 15) is 4.79 Å². The van der Waals surface area contributed by atoms with Crippen molar-refractivity contribution in [2.45, 2.75) is 0 Å². The fourth-order valence-electron chi connectivity index (χ4n) is 1.54. The molecule has 15 heavy (non-hydrogen) atoms. The van der Waals surface area contributed by atoms with Crippen molar-refractivity contribution >= 4 is 0 Å². The van der Waals surface area contributed by atoms with Gasteiger partial charge < -0.3 is 4.74 Å². The van der Waals surface area contributed by atoms with Crippen molar-refractivity contribution in [2.24, 2.45) is 7.05 Å². The van der Waals surface area contributed by atoms with Crippen molar-refractivity contribution in [1.29, 1.82) is 0 Å². The Bertz CT molecular complexity index is 525. The van der Waals surface area contributed by atoms with Crippen LogP contribution in [-0.4, -0.2) is 16.9 Å². The summed E-state index contributed by atoms with van der Waals surface area (Å²) in [4.78, 5) is 11.1. The highest BCUT2D eigenvalue weighted by atomic mass is 16.5. The molecule has 0 aliphatic rings. The van der Waals surface area contributed by atoms with Crippen molar-refractivity contribution in [3.63, 3.8) is 0 Å². The van der Waals surface area contributed by atoms with Gasteiger partial charge in [0.05, 0.1) is 12.8 Å². The number of benzene rings is 1. The SMILES string of the molecule is COc1cccc(-c2cc(=O)[nH]n2C)c1. The van der Waals surface area contributed by atoms with Crippen LogP contribution in [0, 0.1) is 0 Å². The number of nitrogens with zero attached hydrogens (tertiary/aromatic N) is 1. The van der Waals surface area contributed by atoms with Crippen molar-refractivity contribution in [3.05, 3.63) is 40.7 Å². The van der Waals surface area contributed by atoms with Crippen LogP contribution in [0.25, 0.3) is 11.3 Å². The molecule has 4 nitrogen and oxygen atoms in total. The highest BCUT2D eigenvalue weighted by molar-refractivity contribution is 5.61. The van der Waals surface area contributed by atoms with Crippen LogP contribution in [0.4, 0.5) is 0 Å². The van der Waals surface area contributed by atoms with Crippen LogP contribution in [0.15, 0.2) is 35.1 Å². The molecule has 0 saturated carbocycles. The van der Waals surface area contributed by atoms with Gasteiger partial charge in [-0.05, 0) is 12.1 Å².